The van der Waals surface area contributed by atoms with Crippen molar-refractivity contribution in [3.8, 4) is 0 Å². The molecule has 1 aromatic rings. The smallest absolute Gasteiger partial charge is 0.435 e. The molecule has 5 nitrogen and oxygen atoms in total. The van der Waals surface area contributed by atoms with Crippen LogP contribution in [-0.4, -0.2) is 33.9 Å². The molecule has 0 bridgehead atoms. The molecule has 8 heteroatoms. The zero-order valence-electron chi connectivity index (χ0n) is 9.18. The summed E-state index contributed by atoms with van der Waals surface area (Å²) < 4.78 is 36.9. The Morgan fingerprint density at radius 2 is 2.06 bits per heavy atom. The van der Waals surface area contributed by atoms with Crippen molar-refractivity contribution in [2.45, 2.75) is 25.1 Å². The number of carboxylic acids is 1. The van der Waals surface area contributed by atoms with E-state index in [2.05, 4.69) is 10.2 Å². The fourth-order valence-electron chi connectivity index (χ4n) is 1.56. The van der Waals surface area contributed by atoms with Gasteiger partial charge in [0.1, 0.15) is 6.54 Å². The Hall–Kier alpha value is -1.86. The molecule has 1 saturated carbocycles. The van der Waals surface area contributed by atoms with E-state index < -0.39 is 17.8 Å². The van der Waals surface area contributed by atoms with E-state index in [-0.39, 0.29) is 18.4 Å². The van der Waals surface area contributed by atoms with Gasteiger partial charge in [0.15, 0.2) is 11.5 Å². The summed E-state index contributed by atoms with van der Waals surface area (Å²) in [4.78, 5) is 12.1. The van der Waals surface area contributed by atoms with E-state index in [1.807, 2.05) is 0 Å². The van der Waals surface area contributed by atoms with E-state index in [0.717, 1.165) is 25.0 Å². The minimum absolute atomic E-state index is 0.0344. The molecule has 0 radical (unpaired) electrons. The molecule has 1 aromatic heterocycles. The number of hydrogen-bond donors (Lipinski definition) is 1. The van der Waals surface area contributed by atoms with Gasteiger partial charge in [-0.15, -0.1) is 10.2 Å². The van der Waals surface area contributed by atoms with Gasteiger partial charge in [-0.1, -0.05) is 0 Å². The van der Waals surface area contributed by atoms with Crippen LogP contribution in [0.2, 0.25) is 0 Å². The number of carbonyl (C=O) groups is 1. The second-order valence-corrected chi connectivity index (χ2v) is 4.03. The molecular weight excluding hydrogens is 251 g/mol. The first kappa shape index (κ1) is 12.6. The van der Waals surface area contributed by atoms with E-state index in [0.29, 0.717) is 0 Å². The van der Waals surface area contributed by atoms with Crippen LogP contribution < -0.4 is 4.90 Å². The highest BCUT2D eigenvalue weighted by atomic mass is 19.4. The average Bonchev–Trinajstić information content (AvgIpc) is 3.08. The standard InChI is InChI=1S/C10H10F3N3O2/c11-10(12,13)7-3-4-8(15-14-7)16(5-9(17)18)6-1-2-6/h3-4,6H,1-2,5H2,(H,17,18). The van der Waals surface area contributed by atoms with Gasteiger partial charge in [0, 0.05) is 6.04 Å². The van der Waals surface area contributed by atoms with Gasteiger partial charge in [0.2, 0.25) is 0 Å². The molecule has 1 aliphatic carbocycles. The van der Waals surface area contributed by atoms with Crippen LogP contribution in [0, 0.1) is 0 Å². The van der Waals surface area contributed by atoms with Crippen molar-refractivity contribution in [1.82, 2.24) is 10.2 Å². The second kappa shape index (κ2) is 4.43. The average molecular weight is 261 g/mol. The van der Waals surface area contributed by atoms with Crippen LogP contribution in [0.3, 0.4) is 0 Å². The Morgan fingerprint density at radius 3 is 2.44 bits per heavy atom. The fraction of sp³-hybridized carbons (Fsp3) is 0.500. The van der Waals surface area contributed by atoms with Crippen LogP contribution in [0.4, 0.5) is 19.0 Å². The van der Waals surface area contributed by atoms with Crippen molar-refractivity contribution in [3.05, 3.63) is 17.8 Å². The lowest BCUT2D eigenvalue weighted by atomic mass is 10.3. The summed E-state index contributed by atoms with van der Waals surface area (Å²) >= 11 is 0. The molecule has 2 rings (SSSR count). The quantitative estimate of drug-likeness (QED) is 0.890. The number of rotatable bonds is 4. The molecule has 0 amide bonds. The third-order valence-electron chi connectivity index (χ3n) is 2.53. The highest BCUT2D eigenvalue weighted by Crippen LogP contribution is 2.31. The number of nitrogens with zero attached hydrogens (tertiary/aromatic N) is 3. The lowest BCUT2D eigenvalue weighted by Gasteiger charge is -2.20. The van der Waals surface area contributed by atoms with Gasteiger partial charge < -0.3 is 10.0 Å². The highest BCUT2D eigenvalue weighted by Gasteiger charge is 2.35. The SMILES string of the molecule is O=C(O)CN(c1ccc(C(F)(F)F)nn1)C1CC1. The molecule has 1 fully saturated rings. The van der Waals surface area contributed by atoms with E-state index in [1.54, 1.807) is 0 Å². The molecule has 0 saturated heterocycles. The van der Waals surface area contributed by atoms with Gasteiger partial charge in [-0.3, -0.25) is 4.79 Å². The molecule has 98 valence electrons. The first-order valence-corrected chi connectivity index (χ1v) is 5.27. The summed E-state index contributed by atoms with van der Waals surface area (Å²) in [6.07, 6.45) is -2.91. The number of aliphatic carboxylic acids is 1. The number of hydrogen-bond acceptors (Lipinski definition) is 4. The van der Waals surface area contributed by atoms with Gasteiger partial charge in [-0.05, 0) is 25.0 Å². The third kappa shape index (κ3) is 2.88. The minimum atomic E-state index is -4.54. The summed E-state index contributed by atoms with van der Waals surface area (Å²) in [6, 6.07) is 1.99. The van der Waals surface area contributed by atoms with E-state index in [4.69, 9.17) is 5.11 Å². The second-order valence-electron chi connectivity index (χ2n) is 4.03. The Bertz CT molecular complexity index is 443. The first-order chi connectivity index (χ1) is 8.38. The number of anilines is 1. The molecule has 18 heavy (non-hydrogen) atoms. The molecule has 0 atom stereocenters. The summed E-state index contributed by atoms with van der Waals surface area (Å²) in [6.45, 7) is -0.287. The normalized spacial score (nSPS) is 15.5. The van der Waals surface area contributed by atoms with Crippen LogP contribution in [0.5, 0.6) is 0 Å². The molecule has 0 spiro atoms. The van der Waals surface area contributed by atoms with Gasteiger partial charge in [-0.2, -0.15) is 13.2 Å². The van der Waals surface area contributed by atoms with Crippen LogP contribution in [0.1, 0.15) is 18.5 Å². The predicted molar refractivity (Wildman–Crippen MR) is 55.0 cm³/mol. The van der Waals surface area contributed by atoms with Crippen molar-refractivity contribution >= 4 is 11.8 Å². The number of aromatic nitrogens is 2. The van der Waals surface area contributed by atoms with Crippen molar-refractivity contribution in [2.24, 2.45) is 0 Å². The molecule has 1 heterocycles. The Kier molecular flexibility index (Phi) is 3.10. The summed E-state index contributed by atoms with van der Waals surface area (Å²) in [5.41, 5.74) is -1.09. The molecule has 1 N–H and O–H groups in total. The lowest BCUT2D eigenvalue weighted by molar-refractivity contribution is -0.141. The Labute approximate surface area is 100 Å². The minimum Gasteiger partial charge on any atom is -0.480 e. The largest absolute Gasteiger partial charge is 0.480 e. The van der Waals surface area contributed by atoms with Gasteiger partial charge in [-0.25, -0.2) is 0 Å². The lowest BCUT2D eigenvalue weighted by Crippen LogP contribution is -2.32. The van der Waals surface area contributed by atoms with Crippen LogP contribution in [0.15, 0.2) is 12.1 Å². The predicted octanol–water partition coefficient (Wildman–Crippen LogP) is 1.55. The van der Waals surface area contributed by atoms with Crippen molar-refractivity contribution < 1.29 is 23.1 Å². The maximum Gasteiger partial charge on any atom is 0.435 e. The first-order valence-electron chi connectivity index (χ1n) is 5.27. The zero-order chi connectivity index (χ0) is 13.3. The van der Waals surface area contributed by atoms with Gasteiger partial charge in [0.25, 0.3) is 0 Å². The number of carboxylic acid groups (broad SMARTS) is 1. The Balaban J connectivity index is 2.18. The molecule has 0 aliphatic heterocycles. The Morgan fingerprint density at radius 1 is 1.39 bits per heavy atom. The van der Waals surface area contributed by atoms with Crippen LogP contribution in [0.25, 0.3) is 0 Å². The molecular formula is C10H10F3N3O2. The fourth-order valence-corrected chi connectivity index (χ4v) is 1.56. The van der Waals surface area contributed by atoms with E-state index in [1.165, 1.54) is 4.90 Å². The van der Waals surface area contributed by atoms with Gasteiger partial charge >= 0.3 is 12.1 Å². The number of alkyl halides is 3. The van der Waals surface area contributed by atoms with E-state index in [9.17, 15) is 18.0 Å². The monoisotopic (exact) mass is 261 g/mol. The van der Waals surface area contributed by atoms with Crippen LogP contribution in [-0.2, 0) is 11.0 Å². The molecule has 0 aromatic carbocycles. The zero-order valence-corrected chi connectivity index (χ0v) is 9.18. The maximum atomic E-state index is 12.3. The van der Waals surface area contributed by atoms with E-state index >= 15 is 0 Å². The highest BCUT2D eigenvalue weighted by molar-refractivity contribution is 5.73. The topological polar surface area (TPSA) is 66.3 Å². The summed E-state index contributed by atoms with van der Waals surface area (Å²) in [5.74, 6) is -0.892. The summed E-state index contributed by atoms with van der Waals surface area (Å²) in [5, 5.41) is 15.3. The van der Waals surface area contributed by atoms with Crippen LogP contribution >= 0.6 is 0 Å². The molecule has 0 unspecified atom stereocenters. The summed E-state index contributed by atoms with van der Waals surface area (Å²) in [7, 11) is 0. The van der Waals surface area contributed by atoms with Crippen molar-refractivity contribution in [1.29, 1.82) is 0 Å². The maximum absolute atomic E-state index is 12.3. The molecule has 1 aliphatic rings. The third-order valence-corrected chi connectivity index (χ3v) is 2.53. The van der Waals surface area contributed by atoms with Crippen molar-refractivity contribution in [3.63, 3.8) is 0 Å². The van der Waals surface area contributed by atoms with Gasteiger partial charge in [0.05, 0.1) is 0 Å². The number of halogens is 3. The van der Waals surface area contributed by atoms with Crippen molar-refractivity contribution in [2.75, 3.05) is 11.4 Å².